The van der Waals surface area contributed by atoms with E-state index in [0.29, 0.717) is 19.8 Å². The minimum atomic E-state index is -0.233. The molecule has 1 fully saturated rings. The zero-order chi connectivity index (χ0) is 12.7. The van der Waals surface area contributed by atoms with Gasteiger partial charge in [-0.1, -0.05) is 0 Å². The van der Waals surface area contributed by atoms with Gasteiger partial charge in [0.05, 0.1) is 18.6 Å². The summed E-state index contributed by atoms with van der Waals surface area (Å²) < 4.78 is 5.42. The predicted octanol–water partition coefficient (Wildman–Crippen LogP) is -0.320. The summed E-state index contributed by atoms with van der Waals surface area (Å²) in [5, 5.41) is 6.16. The second kappa shape index (κ2) is 6.93. The average molecular weight is 243 g/mol. The van der Waals surface area contributed by atoms with Crippen molar-refractivity contribution in [3.05, 3.63) is 0 Å². The van der Waals surface area contributed by atoms with E-state index in [1.54, 1.807) is 0 Å². The van der Waals surface area contributed by atoms with E-state index >= 15 is 0 Å². The Morgan fingerprint density at radius 2 is 2.24 bits per heavy atom. The Bertz CT molecular complexity index is 238. The first-order valence-electron chi connectivity index (χ1n) is 6.26. The van der Waals surface area contributed by atoms with E-state index in [2.05, 4.69) is 15.5 Å². The first kappa shape index (κ1) is 14.4. The van der Waals surface area contributed by atoms with Crippen LogP contribution in [0.5, 0.6) is 0 Å². The Balaban J connectivity index is 2.04. The molecule has 1 amide bonds. The number of carbonyl (C=O) groups is 1. The van der Waals surface area contributed by atoms with Crippen molar-refractivity contribution in [3.8, 4) is 0 Å². The number of nitrogens with one attached hydrogen (secondary N) is 2. The molecule has 0 bridgehead atoms. The first-order chi connectivity index (χ1) is 8.04. The van der Waals surface area contributed by atoms with Gasteiger partial charge in [0.2, 0.25) is 5.91 Å². The van der Waals surface area contributed by atoms with E-state index in [0.717, 1.165) is 26.1 Å². The maximum absolute atomic E-state index is 11.9. The van der Waals surface area contributed by atoms with Crippen molar-refractivity contribution in [1.82, 2.24) is 15.5 Å². The smallest absolute Gasteiger partial charge is 0.227 e. The Morgan fingerprint density at radius 1 is 1.47 bits per heavy atom. The van der Waals surface area contributed by atoms with E-state index in [-0.39, 0.29) is 11.3 Å². The minimum absolute atomic E-state index is 0.138. The third-order valence-electron chi connectivity index (χ3n) is 3.13. The molecule has 1 rings (SSSR count). The lowest BCUT2D eigenvalue weighted by Crippen LogP contribution is -2.41. The van der Waals surface area contributed by atoms with Crippen LogP contribution >= 0.6 is 0 Å². The van der Waals surface area contributed by atoms with Crippen molar-refractivity contribution >= 4 is 5.91 Å². The van der Waals surface area contributed by atoms with Crippen LogP contribution in [0.4, 0.5) is 0 Å². The number of rotatable bonds is 7. The van der Waals surface area contributed by atoms with Gasteiger partial charge in [-0.15, -0.1) is 0 Å². The maximum atomic E-state index is 11.9. The summed E-state index contributed by atoms with van der Waals surface area (Å²) >= 11 is 0. The lowest BCUT2D eigenvalue weighted by molar-refractivity contribution is -0.129. The fraction of sp³-hybridized carbons (Fsp3) is 0.917. The van der Waals surface area contributed by atoms with Gasteiger partial charge in [-0.3, -0.25) is 4.79 Å². The zero-order valence-corrected chi connectivity index (χ0v) is 11.2. The summed E-state index contributed by atoms with van der Waals surface area (Å²) in [7, 11) is 4.03. The van der Waals surface area contributed by atoms with Crippen LogP contribution in [0.1, 0.15) is 13.3 Å². The summed E-state index contributed by atoms with van der Waals surface area (Å²) in [4.78, 5) is 14.0. The van der Waals surface area contributed by atoms with Crippen LogP contribution in [0.15, 0.2) is 0 Å². The third-order valence-corrected chi connectivity index (χ3v) is 3.13. The topological polar surface area (TPSA) is 53.6 Å². The molecule has 0 spiro atoms. The molecular weight excluding hydrogens is 218 g/mol. The number of hydrogen-bond acceptors (Lipinski definition) is 4. The van der Waals surface area contributed by atoms with Crippen molar-refractivity contribution < 1.29 is 9.53 Å². The average Bonchev–Trinajstić information content (AvgIpc) is 2.71. The van der Waals surface area contributed by atoms with Crippen molar-refractivity contribution in [2.75, 3.05) is 53.5 Å². The molecule has 2 N–H and O–H groups in total. The molecule has 0 aromatic heterocycles. The van der Waals surface area contributed by atoms with Crippen LogP contribution in [-0.4, -0.2) is 64.3 Å². The number of ether oxygens (including phenoxy) is 1. The number of nitrogens with zero attached hydrogens (tertiary/aromatic N) is 1. The van der Waals surface area contributed by atoms with Crippen LogP contribution in [0.3, 0.4) is 0 Å². The van der Waals surface area contributed by atoms with Gasteiger partial charge in [-0.05, 0) is 34.0 Å². The fourth-order valence-electron chi connectivity index (χ4n) is 1.81. The third kappa shape index (κ3) is 5.02. The molecule has 0 aromatic rings. The van der Waals surface area contributed by atoms with Crippen molar-refractivity contribution in [2.24, 2.45) is 5.41 Å². The molecule has 0 radical (unpaired) electrons. The van der Waals surface area contributed by atoms with Gasteiger partial charge in [0.1, 0.15) is 0 Å². The molecule has 1 aliphatic rings. The van der Waals surface area contributed by atoms with Crippen molar-refractivity contribution in [3.63, 3.8) is 0 Å². The molecule has 100 valence electrons. The monoisotopic (exact) mass is 243 g/mol. The van der Waals surface area contributed by atoms with Crippen LogP contribution in [0.2, 0.25) is 0 Å². The lowest BCUT2D eigenvalue weighted by Gasteiger charge is -2.21. The first-order valence-corrected chi connectivity index (χ1v) is 6.26. The normalized spacial score (nSPS) is 24.2. The lowest BCUT2D eigenvalue weighted by atomic mass is 9.89. The van der Waals surface area contributed by atoms with Crippen LogP contribution in [-0.2, 0) is 9.53 Å². The molecule has 0 saturated carbocycles. The molecule has 5 heteroatoms. The highest BCUT2D eigenvalue weighted by Gasteiger charge is 2.35. The molecule has 0 aliphatic carbocycles. The number of amides is 1. The van der Waals surface area contributed by atoms with Gasteiger partial charge in [0.15, 0.2) is 0 Å². The van der Waals surface area contributed by atoms with Gasteiger partial charge in [-0.25, -0.2) is 0 Å². The van der Waals surface area contributed by atoms with E-state index in [4.69, 9.17) is 4.74 Å². The summed E-state index contributed by atoms with van der Waals surface area (Å²) in [6.07, 6.45) is 0.917. The van der Waals surface area contributed by atoms with Gasteiger partial charge in [0, 0.05) is 19.6 Å². The quantitative estimate of drug-likeness (QED) is 0.602. The molecular formula is C12H25N3O2. The van der Waals surface area contributed by atoms with E-state index < -0.39 is 0 Å². The fourth-order valence-corrected chi connectivity index (χ4v) is 1.81. The summed E-state index contributed by atoms with van der Waals surface area (Å²) in [5.41, 5.74) is -0.233. The van der Waals surface area contributed by atoms with Gasteiger partial charge < -0.3 is 20.3 Å². The van der Waals surface area contributed by atoms with E-state index in [1.807, 2.05) is 21.0 Å². The standard InChI is InChI=1S/C12H25N3O2/c1-12(4-5-13-10-12)11(16)14-6-8-17-9-7-15(2)3/h13H,4-10H2,1-3H3,(H,14,16). The number of hydrogen-bond donors (Lipinski definition) is 2. The summed E-state index contributed by atoms with van der Waals surface area (Å²) in [5.74, 6) is 0.138. The summed E-state index contributed by atoms with van der Waals surface area (Å²) in [6.45, 7) is 6.53. The maximum Gasteiger partial charge on any atom is 0.227 e. The number of likely N-dealkylation sites (N-methyl/N-ethyl adjacent to an activating group) is 1. The van der Waals surface area contributed by atoms with Gasteiger partial charge >= 0.3 is 0 Å². The largest absolute Gasteiger partial charge is 0.378 e. The van der Waals surface area contributed by atoms with Gasteiger partial charge in [-0.2, -0.15) is 0 Å². The molecule has 1 saturated heterocycles. The predicted molar refractivity (Wildman–Crippen MR) is 68.0 cm³/mol. The van der Waals surface area contributed by atoms with Crippen LogP contribution in [0, 0.1) is 5.41 Å². The SMILES string of the molecule is CN(C)CCOCCNC(=O)C1(C)CCNC1. The highest BCUT2D eigenvalue weighted by Crippen LogP contribution is 2.24. The highest BCUT2D eigenvalue weighted by molar-refractivity contribution is 5.82. The Hall–Kier alpha value is -0.650. The Labute approximate surface area is 104 Å². The van der Waals surface area contributed by atoms with Gasteiger partial charge in [0.25, 0.3) is 0 Å². The van der Waals surface area contributed by atoms with E-state index in [9.17, 15) is 4.79 Å². The highest BCUT2D eigenvalue weighted by atomic mass is 16.5. The molecule has 17 heavy (non-hydrogen) atoms. The summed E-state index contributed by atoms with van der Waals surface area (Å²) in [6, 6.07) is 0. The Morgan fingerprint density at radius 3 is 2.82 bits per heavy atom. The zero-order valence-electron chi connectivity index (χ0n) is 11.2. The molecule has 1 unspecified atom stereocenters. The van der Waals surface area contributed by atoms with Crippen molar-refractivity contribution in [1.29, 1.82) is 0 Å². The van der Waals surface area contributed by atoms with Crippen LogP contribution in [0.25, 0.3) is 0 Å². The minimum Gasteiger partial charge on any atom is -0.378 e. The van der Waals surface area contributed by atoms with Crippen LogP contribution < -0.4 is 10.6 Å². The van der Waals surface area contributed by atoms with E-state index in [1.165, 1.54) is 0 Å². The molecule has 1 aliphatic heterocycles. The number of carbonyl (C=O) groups excluding carboxylic acids is 1. The molecule has 5 nitrogen and oxygen atoms in total. The molecule has 1 atom stereocenters. The second-order valence-corrected chi connectivity index (χ2v) is 5.16. The Kier molecular flexibility index (Phi) is 5.88. The van der Waals surface area contributed by atoms with Crippen molar-refractivity contribution in [2.45, 2.75) is 13.3 Å². The molecule has 0 aromatic carbocycles. The second-order valence-electron chi connectivity index (χ2n) is 5.16. The molecule has 1 heterocycles.